The van der Waals surface area contributed by atoms with Crippen molar-refractivity contribution in [2.45, 2.75) is 136 Å². The van der Waals surface area contributed by atoms with Crippen LogP contribution in [0.1, 0.15) is 129 Å². The summed E-state index contributed by atoms with van der Waals surface area (Å²) in [6.45, 7) is 8.71. The minimum atomic E-state index is 0.150. The number of hydrogen-bond acceptors (Lipinski definition) is 1. The van der Waals surface area contributed by atoms with E-state index in [9.17, 15) is 0 Å². The molecule has 1 nitrogen and oxygen atoms in total. The van der Waals surface area contributed by atoms with Crippen LogP contribution in [0.25, 0.3) is 0 Å². The van der Waals surface area contributed by atoms with Crippen molar-refractivity contribution in [3.05, 3.63) is 54.6 Å². The van der Waals surface area contributed by atoms with Crippen molar-refractivity contribution in [1.29, 1.82) is 0 Å². The van der Waals surface area contributed by atoms with Gasteiger partial charge in [-0.2, -0.15) is 0 Å². The van der Waals surface area contributed by atoms with Gasteiger partial charge in [0.25, 0.3) is 0 Å². The second-order valence-electron chi connectivity index (χ2n) is 12.0. The van der Waals surface area contributed by atoms with Crippen LogP contribution >= 0.6 is 0 Å². The Bertz CT molecular complexity index is 716. The lowest BCUT2D eigenvalue weighted by atomic mass is 9.77. The number of ether oxygens (including phenoxy) is 1. The Balaban J connectivity index is 1.33. The Kier molecular flexibility index (Phi) is 13.8. The smallest absolute Gasteiger partial charge is 0.120 e. The molecular weight excluding hydrogens is 436 g/mol. The molecule has 0 saturated heterocycles. The molecule has 3 rings (SSSR count). The summed E-state index contributed by atoms with van der Waals surface area (Å²) in [6.07, 6.45) is 31.7. The molecule has 0 bridgehead atoms. The maximum Gasteiger partial charge on any atom is 0.120 e. The third-order valence-electron chi connectivity index (χ3n) is 9.12. The average Bonchev–Trinajstić information content (AvgIpc) is 2.92. The zero-order valence-electron chi connectivity index (χ0n) is 23.8. The first-order chi connectivity index (χ1) is 17.7. The van der Waals surface area contributed by atoms with Crippen LogP contribution in [0.2, 0.25) is 0 Å². The number of allylic oxidation sites excluding steroid dienone is 2. The third-order valence-corrected chi connectivity index (χ3v) is 9.12. The van der Waals surface area contributed by atoms with Crippen molar-refractivity contribution in [3.8, 4) is 5.75 Å². The second kappa shape index (κ2) is 17.1. The van der Waals surface area contributed by atoms with Crippen LogP contribution < -0.4 is 4.74 Å². The molecule has 1 atom stereocenters. The van der Waals surface area contributed by atoms with Gasteiger partial charge < -0.3 is 4.74 Å². The number of rotatable bonds is 16. The monoisotopic (exact) mass is 492 g/mol. The van der Waals surface area contributed by atoms with E-state index in [1.54, 1.807) is 0 Å². The van der Waals surface area contributed by atoms with Gasteiger partial charge in [0.05, 0.1) is 0 Å². The Morgan fingerprint density at radius 1 is 0.806 bits per heavy atom. The molecule has 1 unspecified atom stereocenters. The summed E-state index contributed by atoms with van der Waals surface area (Å²) in [5, 5.41) is 0. The molecule has 0 heterocycles. The Morgan fingerprint density at radius 3 is 1.94 bits per heavy atom. The summed E-state index contributed by atoms with van der Waals surface area (Å²) in [5.41, 5.74) is 1.41. The molecule has 202 valence electrons. The molecular formula is C35H56O. The number of aryl methyl sites for hydroxylation is 1. The molecule has 1 heteroatoms. The molecule has 0 aliphatic heterocycles. The summed E-state index contributed by atoms with van der Waals surface area (Å²) in [7, 11) is 0. The molecule has 0 spiro atoms. The molecule has 0 amide bonds. The Hall–Kier alpha value is -1.50. The van der Waals surface area contributed by atoms with E-state index in [4.69, 9.17) is 4.74 Å². The van der Waals surface area contributed by atoms with E-state index in [2.05, 4.69) is 56.8 Å². The van der Waals surface area contributed by atoms with Gasteiger partial charge in [0.15, 0.2) is 0 Å². The Morgan fingerprint density at radius 2 is 1.39 bits per heavy atom. The fourth-order valence-corrected chi connectivity index (χ4v) is 6.61. The van der Waals surface area contributed by atoms with Crippen LogP contribution in [0, 0.1) is 23.7 Å². The second-order valence-corrected chi connectivity index (χ2v) is 12.0. The first-order valence-corrected chi connectivity index (χ1v) is 15.8. The normalized spacial score (nSPS) is 25.6. The van der Waals surface area contributed by atoms with Gasteiger partial charge in [-0.25, -0.2) is 0 Å². The van der Waals surface area contributed by atoms with Gasteiger partial charge in [-0.15, -0.1) is 0 Å². The van der Waals surface area contributed by atoms with Crippen LogP contribution in [0.5, 0.6) is 5.75 Å². The molecule has 0 radical (unpaired) electrons. The van der Waals surface area contributed by atoms with Crippen molar-refractivity contribution in [1.82, 2.24) is 0 Å². The van der Waals surface area contributed by atoms with Crippen LogP contribution in [-0.4, -0.2) is 6.10 Å². The van der Waals surface area contributed by atoms with Gasteiger partial charge in [0.2, 0.25) is 0 Å². The zero-order valence-corrected chi connectivity index (χ0v) is 23.8. The largest absolute Gasteiger partial charge is 0.486 e. The minimum absolute atomic E-state index is 0.150. The topological polar surface area (TPSA) is 9.23 Å². The molecule has 0 aromatic heterocycles. The molecule has 1 aromatic rings. The van der Waals surface area contributed by atoms with E-state index in [1.807, 2.05) is 6.08 Å². The molecule has 2 saturated carbocycles. The quantitative estimate of drug-likeness (QED) is 0.165. The summed E-state index contributed by atoms with van der Waals surface area (Å²) in [5.74, 6) is 4.40. The standard InChI is InChI=1S/C35H56O/c1-4-7-9-13-29-17-19-30(20-18-29)15-11-12-16-32-23-27-34(28-24-32)36-35(6-3)33-25-21-31(22-26-33)14-10-8-5-2/h6,11,15,23-24,27-31,33,35H,3-5,7-10,12-14,16-22,25-26H2,1-2H3/b15-11+. The van der Waals surface area contributed by atoms with Crippen molar-refractivity contribution in [3.63, 3.8) is 0 Å². The first-order valence-electron chi connectivity index (χ1n) is 15.8. The van der Waals surface area contributed by atoms with Gasteiger partial charge in [-0.3, -0.25) is 0 Å². The lowest BCUT2D eigenvalue weighted by Crippen LogP contribution is -2.29. The Labute approximate surface area is 224 Å². The van der Waals surface area contributed by atoms with Gasteiger partial charge in [-0.05, 0) is 92.7 Å². The van der Waals surface area contributed by atoms with E-state index in [0.717, 1.165) is 36.3 Å². The van der Waals surface area contributed by atoms with Gasteiger partial charge >= 0.3 is 0 Å². The molecule has 1 aromatic carbocycles. The number of unbranched alkanes of at least 4 members (excludes halogenated alkanes) is 4. The van der Waals surface area contributed by atoms with E-state index < -0.39 is 0 Å². The summed E-state index contributed by atoms with van der Waals surface area (Å²) in [6, 6.07) is 8.86. The highest BCUT2D eigenvalue weighted by molar-refractivity contribution is 5.28. The number of benzene rings is 1. The summed E-state index contributed by atoms with van der Waals surface area (Å²) >= 11 is 0. The van der Waals surface area contributed by atoms with Gasteiger partial charge in [-0.1, -0.05) is 115 Å². The molecule has 2 aliphatic rings. The highest BCUT2D eigenvalue weighted by atomic mass is 16.5. The van der Waals surface area contributed by atoms with Crippen LogP contribution in [0.3, 0.4) is 0 Å². The van der Waals surface area contributed by atoms with Crippen molar-refractivity contribution in [2.75, 3.05) is 0 Å². The van der Waals surface area contributed by atoms with Crippen LogP contribution in [0.15, 0.2) is 49.1 Å². The van der Waals surface area contributed by atoms with E-state index in [1.165, 1.54) is 108 Å². The number of hydrogen-bond donors (Lipinski definition) is 0. The van der Waals surface area contributed by atoms with Crippen molar-refractivity contribution < 1.29 is 4.74 Å². The lowest BCUT2D eigenvalue weighted by Gasteiger charge is -2.32. The van der Waals surface area contributed by atoms with Crippen molar-refractivity contribution in [2.24, 2.45) is 23.7 Å². The van der Waals surface area contributed by atoms with E-state index >= 15 is 0 Å². The predicted molar refractivity (Wildman–Crippen MR) is 158 cm³/mol. The average molecular weight is 493 g/mol. The predicted octanol–water partition coefficient (Wildman–Crippen LogP) is 10.9. The fourth-order valence-electron chi connectivity index (χ4n) is 6.61. The molecule has 36 heavy (non-hydrogen) atoms. The van der Waals surface area contributed by atoms with E-state index in [0.29, 0.717) is 5.92 Å². The summed E-state index contributed by atoms with van der Waals surface area (Å²) < 4.78 is 6.40. The zero-order chi connectivity index (χ0) is 25.4. The molecule has 2 fully saturated rings. The molecule has 0 N–H and O–H groups in total. The SMILES string of the molecule is C=CC(Oc1ccc(CC/C=C/C2CCC(CCCCC)CC2)cc1)C1CCC(CCCCC)CC1. The molecule has 2 aliphatic carbocycles. The maximum absolute atomic E-state index is 6.40. The minimum Gasteiger partial charge on any atom is -0.486 e. The fraction of sp³-hybridized carbons (Fsp3) is 0.714. The van der Waals surface area contributed by atoms with Crippen molar-refractivity contribution >= 4 is 0 Å². The van der Waals surface area contributed by atoms with Crippen LogP contribution in [0.4, 0.5) is 0 Å². The third kappa shape index (κ3) is 10.5. The van der Waals surface area contributed by atoms with Gasteiger partial charge in [0, 0.05) is 0 Å². The maximum atomic E-state index is 6.40. The van der Waals surface area contributed by atoms with E-state index in [-0.39, 0.29) is 6.10 Å². The van der Waals surface area contributed by atoms with Gasteiger partial charge in [0.1, 0.15) is 11.9 Å². The highest BCUT2D eigenvalue weighted by Gasteiger charge is 2.27. The lowest BCUT2D eigenvalue weighted by molar-refractivity contribution is 0.127. The summed E-state index contributed by atoms with van der Waals surface area (Å²) in [4.78, 5) is 0. The van der Waals surface area contributed by atoms with Crippen LogP contribution in [-0.2, 0) is 6.42 Å². The highest BCUT2D eigenvalue weighted by Crippen LogP contribution is 2.36. The first kappa shape index (κ1) is 29.1.